The number of benzene rings is 1. The van der Waals surface area contributed by atoms with Crippen molar-refractivity contribution in [1.82, 2.24) is 10.1 Å². The molecule has 2 heterocycles. The van der Waals surface area contributed by atoms with Gasteiger partial charge in [-0.25, -0.2) is 4.79 Å². The number of nitro benzene ring substituents is 1. The number of esters is 1. The summed E-state index contributed by atoms with van der Waals surface area (Å²) in [5.74, 6) is 0.0327. The third-order valence-corrected chi connectivity index (χ3v) is 3.14. The first-order valence-electron chi connectivity index (χ1n) is 6.94. The van der Waals surface area contributed by atoms with Gasteiger partial charge in [-0.2, -0.15) is 4.98 Å². The highest BCUT2D eigenvalue weighted by Crippen LogP contribution is 2.29. The fourth-order valence-corrected chi connectivity index (χ4v) is 1.99. The molecule has 0 spiro atoms. The molecule has 1 aromatic carbocycles. The summed E-state index contributed by atoms with van der Waals surface area (Å²) < 4.78 is 20.0. The Labute approximate surface area is 140 Å². The van der Waals surface area contributed by atoms with Crippen LogP contribution in [-0.2, 0) is 11.3 Å². The summed E-state index contributed by atoms with van der Waals surface area (Å²) in [5.41, 5.74) is -0.340. The van der Waals surface area contributed by atoms with E-state index in [1.165, 1.54) is 25.5 Å². The molecule has 0 amide bonds. The smallest absolute Gasteiger partial charge is 0.338 e. The Morgan fingerprint density at radius 1 is 1.36 bits per heavy atom. The first-order chi connectivity index (χ1) is 12.1. The summed E-state index contributed by atoms with van der Waals surface area (Å²) in [6.45, 7) is -0.188. The third kappa shape index (κ3) is 3.47. The lowest BCUT2D eigenvalue weighted by molar-refractivity contribution is -0.386. The van der Waals surface area contributed by atoms with Gasteiger partial charge in [-0.3, -0.25) is 10.1 Å². The molecule has 0 saturated carbocycles. The minimum atomic E-state index is -0.686. The lowest BCUT2D eigenvalue weighted by atomic mass is 10.2. The van der Waals surface area contributed by atoms with E-state index in [0.717, 1.165) is 6.07 Å². The van der Waals surface area contributed by atoms with Gasteiger partial charge < -0.3 is 18.4 Å². The normalized spacial score (nSPS) is 10.4. The Bertz CT molecular complexity index is 902. The van der Waals surface area contributed by atoms with E-state index in [2.05, 4.69) is 14.9 Å². The van der Waals surface area contributed by atoms with Crippen molar-refractivity contribution in [3.8, 4) is 17.3 Å². The second kappa shape index (κ2) is 6.83. The van der Waals surface area contributed by atoms with E-state index < -0.39 is 10.9 Å². The molecule has 3 aromatic rings. The van der Waals surface area contributed by atoms with Crippen LogP contribution in [0.25, 0.3) is 11.6 Å². The Morgan fingerprint density at radius 3 is 2.88 bits per heavy atom. The predicted molar refractivity (Wildman–Crippen MR) is 80.8 cm³/mol. The molecule has 0 atom stereocenters. The number of aromatic nitrogens is 2. The summed E-state index contributed by atoms with van der Waals surface area (Å²) in [6, 6.07) is 7.06. The highest BCUT2D eigenvalue weighted by atomic mass is 16.6. The van der Waals surface area contributed by atoms with Crippen LogP contribution in [0.3, 0.4) is 0 Å². The Hall–Kier alpha value is -3.69. The van der Waals surface area contributed by atoms with Gasteiger partial charge in [0.1, 0.15) is 0 Å². The first-order valence-corrected chi connectivity index (χ1v) is 6.94. The minimum absolute atomic E-state index is 0.0412. The summed E-state index contributed by atoms with van der Waals surface area (Å²) in [5, 5.41) is 14.9. The van der Waals surface area contributed by atoms with Crippen LogP contribution in [0.2, 0.25) is 0 Å². The molecule has 2 aromatic heterocycles. The number of carbonyl (C=O) groups excluding carboxylic acids is 1. The van der Waals surface area contributed by atoms with E-state index in [4.69, 9.17) is 13.7 Å². The van der Waals surface area contributed by atoms with E-state index in [9.17, 15) is 14.9 Å². The number of carbonyl (C=O) groups is 1. The lowest BCUT2D eigenvalue weighted by Crippen LogP contribution is -2.04. The molecule has 0 radical (unpaired) electrons. The molecule has 128 valence electrons. The molecule has 10 heteroatoms. The average Bonchev–Trinajstić information content (AvgIpc) is 3.30. The molecular weight excluding hydrogens is 334 g/mol. The van der Waals surface area contributed by atoms with Gasteiger partial charge in [0, 0.05) is 6.07 Å². The van der Waals surface area contributed by atoms with Crippen LogP contribution < -0.4 is 4.74 Å². The van der Waals surface area contributed by atoms with E-state index >= 15 is 0 Å². The molecule has 25 heavy (non-hydrogen) atoms. The average molecular weight is 345 g/mol. The Balaban J connectivity index is 1.76. The van der Waals surface area contributed by atoms with Crippen LogP contribution in [0.4, 0.5) is 5.69 Å². The largest absolute Gasteiger partial charge is 0.477 e. The van der Waals surface area contributed by atoms with E-state index in [0.29, 0.717) is 5.76 Å². The highest BCUT2D eigenvalue weighted by molar-refractivity contribution is 5.90. The van der Waals surface area contributed by atoms with E-state index in [1.54, 1.807) is 12.1 Å². The van der Waals surface area contributed by atoms with Crippen molar-refractivity contribution in [2.24, 2.45) is 0 Å². The lowest BCUT2D eigenvalue weighted by Gasteiger charge is -2.05. The number of furan rings is 1. The second-order valence-electron chi connectivity index (χ2n) is 4.71. The Morgan fingerprint density at radius 2 is 2.20 bits per heavy atom. The minimum Gasteiger partial charge on any atom is -0.477 e. The topological polar surface area (TPSA) is 131 Å². The molecular formula is C15H11N3O7. The monoisotopic (exact) mass is 345 g/mol. The molecule has 0 bridgehead atoms. The molecule has 0 unspecified atom stereocenters. The van der Waals surface area contributed by atoms with Gasteiger partial charge in [0.05, 0.1) is 23.9 Å². The zero-order valence-electron chi connectivity index (χ0n) is 12.9. The van der Waals surface area contributed by atoms with Gasteiger partial charge in [0.15, 0.2) is 18.1 Å². The summed E-state index contributed by atoms with van der Waals surface area (Å²) >= 11 is 0. The van der Waals surface area contributed by atoms with Crippen LogP contribution in [0.5, 0.6) is 5.75 Å². The zero-order valence-corrected chi connectivity index (χ0v) is 12.9. The van der Waals surface area contributed by atoms with Crippen LogP contribution in [0.15, 0.2) is 45.5 Å². The van der Waals surface area contributed by atoms with Gasteiger partial charge >= 0.3 is 11.7 Å². The van der Waals surface area contributed by atoms with Crippen LogP contribution in [-0.4, -0.2) is 28.1 Å². The number of hydrogen-bond donors (Lipinski definition) is 0. The van der Waals surface area contributed by atoms with Gasteiger partial charge in [0.25, 0.3) is 5.89 Å². The standard InChI is InChI=1S/C15H11N3O7/c1-22-15(19)9-4-5-11(10(7-9)18(20)21)24-8-13-16-14(17-25-13)12-3-2-6-23-12/h2-7H,8H2,1H3. The molecule has 0 aliphatic rings. The molecule has 0 saturated heterocycles. The van der Waals surface area contributed by atoms with Gasteiger partial charge in [-0.15, -0.1) is 0 Å². The fourth-order valence-electron chi connectivity index (χ4n) is 1.99. The molecule has 0 fully saturated rings. The maximum atomic E-state index is 11.5. The number of ether oxygens (including phenoxy) is 2. The molecule has 0 aliphatic carbocycles. The predicted octanol–water partition coefficient (Wildman–Crippen LogP) is 2.60. The van der Waals surface area contributed by atoms with E-state index in [1.807, 2.05) is 0 Å². The van der Waals surface area contributed by atoms with Gasteiger partial charge in [-0.05, 0) is 24.3 Å². The second-order valence-corrected chi connectivity index (χ2v) is 4.71. The van der Waals surface area contributed by atoms with Crippen molar-refractivity contribution in [1.29, 1.82) is 0 Å². The quantitative estimate of drug-likeness (QED) is 0.375. The van der Waals surface area contributed by atoms with Crippen LogP contribution in [0, 0.1) is 10.1 Å². The van der Waals surface area contributed by atoms with Crippen molar-refractivity contribution in [3.05, 3.63) is 58.2 Å². The van der Waals surface area contributed by atoms with E-state index in [-0.39, 0.29) is 35.3 Å². The summed E-state index contributed by atoms with van der Waals surface area (Å²) in [4.78, 5) is 26.0. The first kappa shape index (κ1) is 16.2. The highest BCUT2D eigenvalue weighted by Gasteiger charge is 2.20. The third-order valence-electron chi connectivity index (χ3n) is 3.14. The molecule has 10 nitrogen and oxygen atoms in total. The van der Waals surface area contributed by atoms with Crippen molar-refractivity contribution in [2.75, 3.05) is 7.11 Å². The SMILES string of the molecule is COC(=O)c1ccc(OCc2nc(-c3ccco3)no2)c([N+](=O)[O-])c1. The van der Waals surface area contributed by atoms with Gasteiger partial charge in [-0.1, -0.05) is 5.16 Å². The maximum absolute atomic E-state index is 11.5. The molecule has 0 N–H and O–H groups in total. The van der Waals surface area contributed by atoms with Gasteiger partial charge in [0.2, 0.25) is 5.82 Å². The summed E-state index contributed by atoms with van der Waals surface area (Å²) in [7, 11) is 1.19. The van der Waals surface area contributed by atoms with Crippen molar-refractivity contribution >= 4 is 11.7 Å². The number of hydrogen-bond acceptors (Lipinski definition) is 9. The number of nitrogens with zero attached hydrogens (tertiary/aromatic N) is 3. The number of methoxy groups -OCH3 is 1. The maximum Gasteiger partial charge on any atom is 0.338 e. The molecule has 3 rings (SSSR count). The van der Waals surface area contributed by atoms with Crippen molar-refractivity contribution < 1.29 is 28.1 Å². The van der Waals surface area contributed by atoms with Crippen LogP contribution >= 0.6 is 0 Å². The van der Waals surface area contributed by atoms with Crippen LogP contribution in [0.1, 0.15) is 16.2 Å². The fraction of sp³-hybridized carbons (Fsp3) is 0.133. The van der Waals surface area contributed by atoms with Crippen molar-refractivity contribution in [2.45, 2.75) is 6.61 Å². The zero-order chi connectivity index (χ0) is 17.8. The van der Waals surface area contributed by atoms with Crippen molar-refractivity contribution in [3.63, 3.8) is 0 Å². The molecule has 0 aliphatic heterocycles. The Kier molecular flexibility index (Phi) is 4.42. The number of nitro groups is 1. The summed E-state index contributed by atoms with van der Waals surface area (Å²) in [6.07, 6.45) is 1.47. The number of rotatable bonds is 6.